The van der Waals surface area contributed by atoms with Crippen LogP contribution in [0.25, 0.3) is 0 Å². The largest absolute Gasteiger partial charge is 0.362 e. The van der Waals surface area contributed by atoms with Crippen molar-refractivity contribution >= 4 is 12.4 Å². The molecule has 0 aromatic carbocycles. The van der Waals surface area contributed by atoms with Crippen molar-refractivity contribution in [1.29, 1.82) is 0 Å². The molecule has 0 spiro atoms. The van der Waals surface area contributed by atoms with Crippen LogP contribution in [0.5, 0.6) is 0 Å². The van der Waals surface area contributed by atoms with E-state index in [2.05, 4.69) is 24.1 Å². The van der Waals surface area contributed by atoms with E-state index in [1.807, 2.05) is 0 Å². The summed E-state index contributed by atoms with van der Waals surface area (Å²) in [7, 11) is 0. The molecule has 2 aliphatic rings. The highest BCUT2D eigenvalue weighted by molar-refractivity contribution is 5.85. The van der Waals surface area contributed by atoms with Crippen LogP contribution < -0.4 is 5.32 Å². The molecule has 0 aromatic heterocycles. The van der Waals surface area contributed by atoms with Crippen LogP contribution in [0.15, 0.2) is 0 Å². The van der Waals surface area contributed by atoms with E-state index in [-0.39, 0.29) is 12.4 Å². The van der Waals surface area contributed by atoms with Gasteiger partial charge in [0.15, 0.2) is 0 Å². The van der Waals surface area contributed by atoms with Gasteiger partial charge in [0.25, 0.3) is 0 Å². The van der Waals surface area contributed by atoms with Gasteiger partial charge in [-0.15, -0.1) is 12.4 Å². The summed E-state index contributed by atoms with van der Waals surface area (Å²) in [4.78, 5) is 2.56. The number of piperidine rings is 1. The normalized spacial score (nSPS) is 29.4. The minimum absolute atomic E-state index is 0. The number of nitrogens with zero attached hydrogens (tertiary/aromatic N) is 1. The Balaban J connectivity index is 0.00000112. The number of rotatable bonds is 2. The molecule has 0 radical (unpaired) electrons. The van der Waals surface area contributed by atoms with E-state index in [0.29, 0.717) is 12.3 Å². The number of halogens is 1. The predicted octanol–water partition coefficient (Wildman–Crippen LogP) is 1.47. The highest BCUT2D eigenvalue weighted by Crippen LogP contribution is 2.23. The summed E-state index contributed by atoms with van der Waals surface area (Å²) >= 11 is 0. The van der Waals surface area contributed by atoms with Crippen LogP contribution in [0, 0.1) is 5.92 Å². The first-order valence-electron chi connectivity index (χ1n) is 5.86. The molecule has 90 valence electrons. The third-order valence-electron chi connectivity index (χ3n) is 3.48. The summed E-state index contributed by atoms with van der Waals surface area (Å²) < 4.78 is 5.66. The zero-order valence-electron chi connectivity index (χ0n) is 9.74. The van der Waals surface area contributed by atoms with E-state index < -0.39 is 0 Å². The Bertz CT molecular complexity index is 175. The first kappa shape index (κ1) is 13.2. The maximum absolute atomic E-state index is 5.66. The highest BCUT2D eigenvalue weighted by atomic mass is 35.5. The molecule has 1 N–H and O–H groups in total. The molecule has 15 heavy (non-hydrogen) atoms. The Morgan fingerprint density at radius 3 is 2.40 bits per heavy atom. The Hall–Kier alpha value is 0.170. The molecule has 4 heteroatoms. The average molecular weight is 235 g/mol. The number of hydrogen-bond donors (Lipinski definition) is 1. The maximum atomic E-state index is 5.66. The van der Waals surface area contributed by atoms with Crippen LogP contribution in [0.4, 0.5) is 0 Å². The summed E-state index contributed by atoms with van der Waals surface area (Å²) in [6.45, 7) is 8.98. The van der Waals surface area contributed by atoms with Crippen molar-refractivity contribution in [2.75, 3.05) is 26.2 Å². The molecular formula is C11H23ClN2O. The van der Waals surface area contributed by atoms with Crippen molar-refractivity contribution in [3.63, 3.8) is 0 Å². The lowest BCUT2D eigenvalue weighted by molar-refractivity contribution is 0.0169. The number of hydrogen-bond acceptors (Lipinski definition) is 3. The van der Waals surface area contributed by atoms with Crippen LogP contribution in [-0.4, -0.2) is 43.4 Å². The van der Waals surface area contributed by atoms with Crippen LogP contribution in [0.3, 0.4) is 0 Å². The van der Waals surface area contributed by atoms with Crippen LogP contribution in [0.2, 0.25) is 0 Å². The molecule has 0 aliphatic carbocycles. The Kier molecular flexibility index (Phi) is 5.33. The van der Waals surface area contributed by atoms with E-state index >= 15 is 0 Å². The summed E-state index contributed by atoms with van der Waals surface area (Å²) in [5.41, 5.74) is 0. The minimum Gasteiger partial charge on any atom is -0.362 e. The lowest BCUT2D eigenvalue weighted by Crippen LogP contribution is -2.43. The van der Waals surface area contributed by atoms with E-state index in [0.717, 1.165) is 19.1 Å². The standard InChI is InChI=1S/C11H22N2O.ClH/c1-9(2)13-6-3-10(4-7-13)11-12-5-8-14-11;/h9-12H,3-8H2,1-2H3;1H. The van der Waals surface area contributed by atoms with Gasteiger partial charge in [0.2, 0.25) is 0 Å². The SMILES string of the molecule is CC(C)N1CCC(C2NCCO2)CC1.Cl. The van der Waals surface area contributed by atoms with E-state index in [4.69, 9.17) is 4.74 Å². The zero-order valence-corrected chi connectivity index (χ0v) is 10.6. The predicted molar refractivity (Wildman–Crippen MR) is 64.4 cm³/mol. The van der Waals surface area contributed by atoms with E-state index in [1.165, 1.54) is 25.9 Å². The molecule has 2 aliphatic heterocycles. The van der Waals surface area contributed by atoms with Crippen LogP contribution in [0.1, 0.15) is 26.7 Å². The first-order chi connectivity index (χ1) is 6.77. The fourth-order valence-electron chi connectivity index (χ4n) is 2.49. The van der Waals surface area contributed by atoms with Crippen LogP contribution in [-0.2, 0) is 4.74 Å². The summed E-state index contributed by atoms with van der Waals surface area (Å²) in [6, 6.07) is 0.702. The molecule has 1 unspecified atom stereocenters. The smallest absolute Gasteiger partial charge is 0.111 e. The van der Waals surface area contributed by atoms with Gasteiger partial charge in [0, 0.05) is 18.5 Å². The van der Waals surface area contributed by atoms with Gasteiger partial charge in [-0.1, -0.05) is 0 Å². The molecule has 0 amide bonds. The van der Waals surface area contributed by atoms with E-state index in [9.17, 15) is 0 Å². The number of nitrogens with one attached hydrogen (secondary N) is 1. The van der Waals surface area contributed by atoms with Crippen molar-refractivity contribution in [2.24, 2.45) is 5.92 Å². The lowest BCUT2D eigenvalue weighted by Gasteiger charge is -2.36. The number of likely N-dealkylation sites (tertiary alicyclic amines) is 1. The van der Waals surface area contributed by atoms with E-state index in [1.54, 1.807) is 0 Å². The third kappa shape index (κ3) is 3.31. The molecule has 0 aromatic rings. The van der Waals surface area contributed by atoms with Gasteiger partial charge >= 0.3 is 0 Å². The molecule has 2 saturated heterocycles. The van der Waals surface area contributed by atoms with Gasteiger partial charge in [0.05, 0.1) is 6.61 Å². The second-order valence-electron chi connectivity index (χ2n) is 4.71. The van der Waals surface area contributed by atoms with Crippen molar-refractivity contribution in [3.05, 3.63) is 0 Å². The highest BCUT2D eigenvalue weighted by Gasteiger charge is 2.29. The van der Waals surface area contributed by atoms with Crippen molar-refractivity contribution in [2.45, 2.75) is 39.0 Å². The molecule has 0 bridgehead atoms. The lowest BCUT2D eigenvalue weighted by atomic mass is 9.94. The number of ether oxygens (including phenoxy) is 1. The Labute approximate surface area is 99.0 Å². The van der Waals surface area contributed by atoms with Crippen LogP contribution >= 0.6 is 12.4 Å². The molecule has 0 saturated carbocycles. The molecule has 3 nitrogen and oxygen atoms in total. The topological polar surface area (TPSA) is 24.5 Å². The van der Waals surface area contributed by atoms with Gasteiger partial charge < -0.3 is 9.64 Å². The third-order valence-corrected chi connectivity index (χ3v) is 3.48. The molecule has 1 atom stereocenters. The molecule has 2 rings (SSSR count). The summed E-state index contributed by atoms with van der Waals surface area (Å²) in [6.07, 6.45) is 2.93. The van der Waals surface area contributed by atoms with Gasteiger partial charge in [-0.05, 0) is 39.8 Å². The first-order valence-corrected chi connectivity index (χ1v) is 5.86. The summed E-state index contributed by atoms with van der Waals surface area (Å²) in [5, 5.41) is 3.43. The van der Waals surface area contributed by atoms with Gasteiger partial charge in [0.1, 0.15) is 6.23 Å². The maximum Gasteiger partial charge on any atom is 0.111 e. The van der Waals surface area contributed by atoms with Gasteiger partial charge in [-0.2, -0.15) is 0 Å². The fourth-order valence-corrected chi connectivity index (χ4v) is 2.49. The monoisotopic (exact) mass is 234 g/mol. The van der Waals surface area contributed by atoms with Crippen molar-refractivity contribution < 1.29 is 4.74 Å². The average Bonchev–Trinajstić information content (AvgIpc) is 2.71. The molecule has 2 fully saturated rings. The summed E-state index contributed by atoms with van der Waals surface area (Å²) in [5.74, 6) is 0.743. The zero-order chi connectivity index (χ0) is 9.97. The van der Waals surface area contributed by atoms with Crippen molar-refractivity contribution in [3.8, 4) is 0 Å². The van der Waals surface area contributed by atoms with Gasteiger partial charge in [-0.25, -0.2) is 0 Å². The second kappa shape index (κ2) is 6.04. The minimum atomic E-state index is 0. The van der Waals surface area contributed by atoms with Gasteiger partial charge in [-0.3, -0.25) is 5.32 Å². The molecule has 2 heterocycles. The van der Waals surface area contributed by atoms with Crippen molar-refractivity contribution in [1.82, 2.24) is 10.2 Å². The quantitative estimate of drug-likeness (QED) is 0.784. The Morgan fingerprint density at radius 2 is 1.93 bits per heavy atom. The second-order valence-corrected chi connectivity index (χ2v) is 4.71. The fraction of sp³-hybridized carbons (Fsp3) is 1.00. The Morgan fingerprint density at radius 1 is 1.27 bits per heavy atom. The molecular weight excluding hydrogens is 212 g/mol.